The number of carbonyl (C=O) groups excluding carboxylic acids is 1. The Balaban J connectivity index is 2.09. The number of ether oxygens (including phenoxy) is 1. The summed E-state index contributed by atoms with van der Waals surface area (Å²) in [6, 6.07) is 0.442. The van der Waals surface area contributed by atoms with Crippen LogP contribution >= 0.6 is 0 Å². The number of hydrogen-bond acceptors (Lipinski definition) is 3. The summed E-state index contributed by atoms with van der Waals surface area (Å²) in [5.41, 5.74) is 5.60. The second-order valence-corrected chi connectivity index (χ2v) is 5.98. The molecule has 1 aliphatic carbocycles. The van der Waals surface area contributed by atoms with Gasteiger partial charge in [0.2, 0.25) is 5.91 Å². The first kappa shape index (κ1) is 14.8. The maximum Gasteiger partial charge on any atom is 0.230 e. The molecule has 1 amide bonds. The Morgan fingerprint density at radius 3 is 2.42 bits per heavy atom. The van der Waals surface area contributed by atoms with Crippen LogP contribution in [0.3, 0.4) is 0 Å². The van der Waals surface area contributed by atoms with Gasteiger partial charge in [0, 0.05) is 32.3 Å². The van der Waals surface area contributed by atoms with Crippen molar-refractivity contribution in [2.24, 2.45) is 11.1 Å². The fraction of sp³-hybridized carbons (Fsp3) is 0.933. The Labute approximate surface area is 116 Å². The van der Waals surface area contributed by atoms with Crippen molar-refractivity contribution in [3.8, 4) is 0 Å². The lowest BCUT2D eigenvalue weighted by atomic mass is 9.78. The molecule has 19 heavy (non-hydrogen) atoms. The Hall–Kier alpha value is -0.610. The van der Waals surface area contributed by atoms with Crippen molar-refractivity contribution in [2.75, 3.05) is 26.3 Å². The molecule has 1 aliphatic heterocycles. The molecule has 2 rings (SSSR count). The highest BCUT2D eigenvalue weighted by Crippen LogP contribution is 2.34. The molecule has 0 unspecified atom stereocenters. The van der Waals surface area contributed by atoms with E-state index in [0.717, 1.165) is 32.2 Å². The van der Waals surface area contributed by atoms with Crippen molar-refractivity contribution in [3.63, 3.8) is 0 Å². The van der Waals surface area contributed by atoms with Crippen LogP contribution in [0.1, 0.15) is 51.9 Å². The van der Waals surface area contributed by atoms with E-state index < -0.39 is 0 Å². The van der Waals surface area contributed by atoms with Crippen LogP contribution in [0.5, 0.6) is 0 Å². The summed E-state index contributed by atoms with van der Waals surface area (Å²) in [7, 11) is 0. The third kappa shape index (κ3) is 3.11. The lowest BCUT2D eigenvalue weighted by Gasteiger charge is -2.42. The smallest absolute Gasteiger partial charge is 0.230 e. The predicted molar refractivity (Wildman–Crippen MR) is 75.8 cm³/mol. The third-order valence-corrected chi connectivity index (χ3v) is 4.91. The van der Waals surface area contributed by atoms with E-state index in [0.29, 0.717) is 25.8 Å². The summed E-state index contributed by atoms with van der Waals surface area (Å²) >= 11 is 0. The average Bonchev–Trinajstić information content (AvgIpc) is 2.49. The van der Waals surface area contributed by atoms with Gasteiger partial charge < -0.3 is 15.4 Å². The largest absolute Gasteiger partial charge is 0.381 e. The van der Waals surface area contributed by atoms with E-state index in [1.165, 1.54) is 19.3 Å². The predicted octanol–water partition coefficient (Wildman–Crippen LogP) is 1.92. The maximum atomic E-state index is 13.0. The second-order valence-electron chi connectivity index (χ2n) is 5.98. The van der Waals surface area contributed by atoms with Gasteiger partial charge in [0.1, 0.15) is 0 Å². The standard InChI is InChI=1S/C15H28N2O2/c1-2-17(13-6-4-3-5-7-13)14(18)15(12-16)8-10-19-11-9-15/h13H,2-12,16H2,1H3. The minimum Gasteiger partial charge on any atom is -0.381 e. The Morgan fingerprint density at radius 2 is 1.89 bits per heavy atom. The lowest BCUT2D eigenvalue weighted by molar-refractivity contribution is -0.150. The molecule has 2 N–H and O–H groups in total. The molecule has 0 radical (unpaired) electrons. The van der Waals surface area contributed by atoms with E-state index in [4.69, 9.17) is 10.5 Å². The van der Waals surface area contributed by atoms with Gasteiger partial charge in [-0.15, -0.1) is 0 Å². The monoisotopic (exact) mass is 268 g/mol. The van der Waals surface area contributed by atoms with E-state index >= 15 is 0 Å². The molecule has 0 atom stereocenters. The lowest BCUT2D eigenvalue weighted by Crippen LogP contribution is -2.54. The van der Waals surface area contributed by atoms with Gasteiger partial charge in [-0.05, 0) is 32.6 Å². The number of nitrogens with zero attached hydrogens (tertiary/aromatic N) is 1. The van der Waals surface area contributed by atoms with E-state index in [9.17, 15) is 4.79 Å². The number of amides is 1. The molecule has 1 heterocycles. The van der Waals surface area contributed by atoms with Crippen molar-refractivity contribution < 1.29 is 9.53 Å². The fourth-order valence-electron chi connectivity index (χ4n) is 3.53. The fourth-order valence-corrected chi connectivity index (χ4v) is 3.53. The van der Waals surface area contributed by atoms with Crippen LogP contribution < -0.4 is 5.73 Å². The van der Waals surface area contributed by atoms with Crippen LogP contribution in [-0.4, -0.2) is 43.2 Å². The van der Waals surface area contributed by atoms with Gasteiger partial charge in [-0.3, -0.25) is 4.79 Å². The van der Waals surface area contributed by atoms with Crippen LogP contribution in [0.4, 0.5) is 0 Å². The van der Waals surface area contributed by atoms with Crippen molar-refractivity contribution in [1.29, 1.82) is 0 Å². The van der Waals surface area contributed by atoms with Gasteiger partial charge in [-0.1, -0.05) is 19.3 Å². The summed E-state index contributed by atoms with van der Waals surface area (Å²) in [5, 5.41) is 0. The molecular formula is C15H28N2O2. The summed E-state index contributed by atoms with van der Waals surface area (Å²) < 4.78 is 5.41. The highest BCUT2D eigenvalue weighted by molar-refractivity contribution is 5.83. The van der Waals surface area contributed by atoms with Crippen molar-refractivity contribution in [3.05, 3.63) is 0 Å². The molecule has 2 fully saturated rings. The van der Waals surface area contributed by atoms with E-state index in [-0.39, 0.29) is 11.3 Å². The van der Waals surface area contributed by atoms with Crippen molar-refractivity contribution >= 4 is 5.91 Å². The zero-order chi connectivity index (χ0) is 13.7. The van der Waals surface area contributed by atoms with Crippen LogP contribution in [0, 0.1) is 5.41 Å². The molecule has 1 saturated carbocycles. The number of rotatable bonds is 4. The molecule has 1 saturated heterocycles. The van der Waals surface area contributed by atoms with Gasteiger partial charge in [-0.25, -0.2) is 0 Å². The second kappa shape index (κ2) is 6.71. The minimum absolute atomic E-state index is 0.285. The van der Waals surface area contributed by atoms with E-state index in [1.807, 2.05) is 0 Å². The molecule has 0 bridgehead atoms. The quantitative estimate of drug-likeness (QED) is 0.847. The highest BCUT2D eigenvalue weighted by Gasteiger charge is 2.42. The summed E-state index contributed by atoms with van der Waals surface area (Å²) in [6.07, 6.45) is 7.73. The van der Waals surface area contributed by atoms with Gasteiger partial charge in [0.05, 0.1) is 5.41 Å². The highest BCUT2D eigenvalue weighted by atomic mass is 16.5. The zero-order valence-electron chi connectivity index (χ0n) is 12.2. The number of carbonyl (C=O) groups is 1. The summed E-state index contributed by atoms with van der Waals surface area (Å²) in [4.78, 5) is 15.1. The summed E-state index contributed by atoms with van der Waals surface area (Å²) in [5.74, 6) is 0.285. The van der Waals surface area contributed by atoms with Crippen LogP contribution in [0.15, 0.2) is 0 Å². The first-order valence-corrected chi connectivity index (χ1v) is 7.82. The molecule has 110 valence electrons. The first-order valence-electron chi connectivity index (χ1n) is 7.82. The van der Waals surface area contributed by atoms with Crippen LogP contribution in [0.2, 0.25) is 0 Å². The normalized spacial score (nSPS) is 24.1. The SMILES string of the molecule is CCN(C(=O)C1(CN)CCOCC1)C1CCCCC1. The van der Waals surface area contributed by atoms with E-state index in [2.05, 4.69) is 11.8 Å². The van der Waals surface area contributed by atoms with Gasteiger partial charge >= 0.3 is 0 Å². The molecule has 4 nitrogen and oxygen atoms in total. The van der Waals surface area contributed by atoms with Crippen molar-refractivity contribution in [2.45, 2.75) is 57.9 Å². The van der Waals surface area contributed by atoms with Gasteiger partial charge in [-0.2, -0.15) is 0 Å². The molecule has 0 aromatic rings. The third-order valence-electron chi connectivity index (χ3n) is 4.91. The van der Waals surface area contributed by atoms with Gasteiger partial charge in [0.15, 0.2) is 0 Å². The Morgan fingerprint density at radius 1 is 1.26 bits per heavy atom. The molecule has 4 heteroatoms. The molecule has 0 spiro atoms. The topological polar surface area (TPSA) is 55.6 Å². The molecule has 2 aliphatic rings. The number of hydrogen-bond donors (Lipinski definition) is 1. The Kier molecular flexibility index (Phi) is 5.22. The first-order chi connectivity index (χ1) is 9.23. The summed E-state index contributed by atoms with van der Waals surface area (Å²) in [6.45, 7) is 4.71. The number of nitrogens with two attached hydrogens (primary N) is 1. The molecule has 0 aromatic heterocycles. The van der Waals surface area contributed by atoms with Crippen LogP contribution in [0.25, 0.3) is 0 Å². The molecular weight excluding hydrogens is 240 g/mol. The average molecular weight is 268 g/mol. The molecule has 0 aromatic carbocycles. The minimum atomic E-state index is -0.355. The van der Waals surface area contributed by atoms with Crippen LogP contribution in [-0.2, 0) is 9.53 Å². The van der Waals surface area contributed by atoms with Gasteiger partial charge in [0.25, 0.3) is 0 Å². The van der Waals surface area contributed by atoms with E-state index in [1.54, 1.807) is 0 Å². The van der Waals surface area contributed by atoms with Crippen molar-refractivity contribution in [1.82, 2.24) is 4.90 Å². The Bertz CT molecular complexity index is 295. The zero-order valence-corrected chi connectivity index (χ0v) is 12.2. The maximum absolute atomic E-state index is 13.0.